The lowest BCUT2D eigenvalue weighted by Crippen LogP contribution is -2.04. The maximum atomic E-state index is 8.84. The monoisotopic (exact) mass is 249 g/mol. The predicted molar refractivity (Wildman–Crippen MR) is 80.3 cm³/mol. The highest BCUT2D eigenvalue weighted by molar-refractivity contribution is 4.81. The highest BCUT2D eigenvalue weighted by Crippen LogP contribution is 2.21. The van der Waals surface area contributed by atoms with Crippen LogP contribution >= 0.6 is 0 Å². The van der Waals surface area contributed by atoms with E-state index in [9.17, 15) is 0 Å². The van der Waals surface area contributed by atoms with Crippen molar-refractivity contribution in [2.75, 3.05) is 0 Å². The van der Waals surface area contributed by atoms with Crippen LogP contribution in [0, 0.1) is 23.2 Å². The standard InChI is InChI=1S/C17H31N/c1-4-6-7-8-9-10-11-12-13-17(5-2)14-16(3)15-18/h6-7,16-17H,4-5,8-14H2,1-3H3. The van der Waals surface area contributed by atoms with E-state index in [0.717, 1.165) is 18.8 Å². The molecule has 0 aromatic carbocycles. The van der Waals surface area contributed by atoms with E-state index in [0.29, 0.717) is 0 Å². The van der Waals surface area contributed by atoms with Gasteiger partial charge in [0, 0.05) is 5.92 Å². The van der Waals surface area contributed by atoms with Gasteiger partial charge in [-0.2, -0.15) is 5.26 Å². The van der Waals surface area contributed by atoms with E-state index in [1.54, 1.807) is 0 Å². The molecule has 0 aliphatic carbocycles. The predicted octanol–water partition coefficient (Wildman–Crippen LogP) is 5.87. The minimum Gasteiger partial charge on any atom is -0.198 e. The lowest BCUT2D eigenvalue weighted by atomic mass is 9.90. The second kappa shape index (κ2) is 12.7. The van der Waals surface area contributed by atoms with E-state index < -0.39 is 0 Å². The first kappa shape index (κ1) is 17.2. The third-order valence-corrected chi connectivity index (χ3v) is 3.62. The smallest absolute Gasteiger partial charge is 0.0652 e. The normalized spacial score (nSPS) is 14.6. The van der Waals surface area contributed by atoms with Gasteiger partial charge in [0.15, 0.2) is 0 Å². The molecule has 0 amide bonds. The fourth-order valence-corrected chi connectivity index (χ4v) is 2.37. The van der Waals surface area contributed by atoms with Crippen molar-refractivity contribution in [3.05, 3.63) is 12.2 Å². The van der Waals surface area contributed by atoms with E-state index in [1.165, 1.54) is 44.9 Å². The first-order chi connectivity index (χ1) is 8.74. The number of allylic oxidation sites excluding steroid dienone is 2. The molecule has 0 aliphatic rings. The Morgan fingerprint density at radius 3 is 2.39 bits per heavy atom. The van der Waals surface area contributed by atoms with Crippen molar-refractivity contribution in [1.29, 1.82) is 5.26 Å². The van der Waals surface area contributed by atoms with Gasteiger partial charge in [-0.25, -0.2) is 0 Å². The molecule has 0 bridgehead atoms. The molecule has 18 heavy (non-hydrogen) atoms. The Morgan fingerprint density at radius 1 is 1.06 bits per heavy atom. The van der Waals surface area contributed by atoms with Crippen molar-refractivity contribution >= 4 is 0 Å². The molecule has 0 radical (unpaired) electrons. The first-order valence-electron chi connectivity index (χ1n) is 7.79. The number of hydrogen-bond acceptors (Lipinski definition) is 1. The van der Waals surface area contributed by atoms with Crippen molar-refractivity contribution in [2.24, 2.45) is 11.8 Å². The second-order valence-electron chi connectivity index (χ2n) is 5.41. The Hall–Kier alpha value is -0.770. The third kappa shape index (κ3) is 10.4. The number of unbranched alkanes of at least 4 members (excludes halogenated alkanes) is 4. The molecule has 1 heteroatoms. The summed E-state index contributed by atoms with van der Waals surface area (Å²) in [5.74, 6) is 0.994. The Balaban J connectivity index is 3.45. The van der Waals surface area contributed by atoms with Gasteiger partial charge in [0.05, 0.1) is 6.07 Å². The van der Waals surface area contributed by atoms with Crippen LogP contribution in [0.4, 0.5) is 0 Å². The lowest BCUT2D eigenvalue weighted by Gasteiger charge is -2.15. The summed E-state index contributed by atoms with van der Waals surface area (Å²) in [6, 6.07) is 2.35. The molecule has 0 N–H and O–H groups in total. The summed E-state index contributed by atoms with van der Waals surface area (Å²) in [6.07, 6.45) is 16.0. The average Bonchev–Trinajstić information content (AvgIpc) is 2.40. The molecule has 0 rings (SSSR count). The van der Waals surface area contributed by atoms with Crippen LogP contribution in [0.5, 0.6) is 0 Å². The van der Waals surface area contributed by atoms with Crippen molar-refractivity contribution in [1.82, 2.24) is 0 Å². The van der Waals surface area contributed by atoms with Gasteiger partial charge < -0.3 is 0 Å². The van der Waals surface area contributed by atoms with Crippen molar-refractivity contribution in [2.45, 2.75) is 78.6 Å². The van der Waals surface area contributed by atoms with E-state index in [1.807, 2.05) is 6.92 Å². The van der Waals surface area contributed by atoms with Crippen molar-refractivity contribution < 1.29 is 0 Å². The van der Waals surface area contributed by atoms with Crippen LogP contribution in [0.2, 0.25) is 0 Å². The van der Waals surface area contributed by atoms with Crippen LogP contribution in [0.3, 0.4) is 0 Å². The van der Waals surface area contributed by atoms with Gasteiger partial charge in [0.25, 0.3) is 0 Å². The van der Waals surface area contributed by atoms with E-state index in [2.05, 4.69) is 32.1 Å². The van der Waals surface area contributed by atoms with Gasteiger partial charge in [0.2, 0.25) is 0 Å². The van der Waals surface area contributed by atoms with E-state index >= 15 is 0 Å². The van der Waals surface area contributed by atoms with Crippen LogP contribution < -0.4 is 0 Å². The molecule has 0 saturated heterocycles. The lowest BCUT2D eigenvalue weighted by molar-refractivity contribution is 0.381. The zero-order chi connectivity index (χ0) is 13.6. The minimum absolute atomic E-state index is 0.231. The fraction of sp³-hybridized carbons (Fsp3) is 0.824. The number of rotatable bonds is 11. The molecular weight excluding hydrogens is 218 g/mol. The fourth-order valence-electron chi connectivity index (χ4n) is 2.37. The Bertz CT molecular complexity index is 236. The number of nitrogens with zero attached hydrogens (tertiary/aromatic N) is 1. The highest BCUT2D eigenvalue weighted by atomic mass is 14.3. The summed E-state index contributed by atoms with van der Waals surface area (Å²) in [5.41, 5.74) is 0. The van der Waals surface area contributed by atoms with Gasteiger partial charge in [-0.05, 0) is 38.5 Å². The second-order valence-corrected chi connectivity index (χ2v) is 5.41. The van der Waals surface area contributed by atoms with Gasteiger partial charge >= 0.3 is 0 Å². The molecule has 2 unspecified atom stereocenters. The molecule has 1 nitrogen and oxygen atoms in total. The summed E-state index contributed by atoms with van der Waals surface area (Å²) in [4.78, 5) is 0. The highest BCUT2D eigenvalue weighted by Gasteiger charge is 2.10. The van der Waals surface area contributed by atoms with Gasteiger partial charge in [-0.15, -0.1) is 0 Å². The Kier molecular flexibility index (Phi) is 12.1. The van der Waals surface area contributed by atoms with Crippen LogP contribution in [-0.2, 0) is 0 Å². The molecule has 104 valence electrons. The van der Waals surface area contributed by atoms with Crippen LogP contribution in [0.25, 0.3) is 0 Å². The zero-order valence-electron chi connectivity index (χ0n) is 12.6. The first-order valence-corrected chi connectivity index (χ1v) is 7.79. The minimum atomic E-state index is 0.231. The molecule has 0 aliphatic heterocycles. The third-order valence-electron chi connectivity index (χ3n) is 3.62. The molecule has 0 saturated carbocycles. The quantitative estimate of drug-likeness (QED) is 0.332. The Morgan fingerprint density at radius 2 is 1.78 bits per heavy atom. The van der Waals surface area contributed by atoms with E-state index in [-0.39, 0.29) is 5.92 Å². The maximum Gasteiger partial charge on any atom is 0.0652 e. The molecule has 0 fully saturated rings. The van der Waals surface area contributed by atoms with Crippen molar-refractivity contribution in [3.8, 4) is 6.07 Å². The number of hydrogen-bond donors (Lipinski definition) is 0. The van der Waals surface area contributed by atoms with Crippen LogP contribution in [-0.4, -0.2) is 0 Å². The molecule has 2 atom stereocenters. The summed E-state index contributed by atoms with van der Waals surface area (Å²) >= 11 is 0. The zero-order valence-corrected chi connectivity index (χ0v) is 12.6. The molecule has 0 heterocycles. The number of nitriles is 1. The van der Waals surface area contributed by atoms with Crippen molar-refractivity contribution in [3.63, 3.8) is 0 Å². The largest absolute Gasteiger partial charge is 0.198 e. The SMILES string of the molecule is CCC=CCCCCCCC(CC)CC(C)C#N. The molecule has 0 spiro atoms. The van der Waals surface area contributed by atoms with E-state index in [4.69, 9.17) is 5.26 Å². The summed E-state index contributed by atoms with van der Waals surface area (Å²) < 4.78 is 0. The van der Waals surface area contributed by atoms with Gasteiger partial charge in [0.1, 0.15) is 0 Å². The molecular formula is C17H31N. The van der Waals surface area contributed by atoms with Gasteiger partial charge in [-0.1, -0.05) is 58.1 Å². The average molecular weight is 249 g/mol. The maximum absolute atomic E-state index is 8.84. The van der Waals surface area contributed by atoms with Crippen LogP contribution in [0.15, 0.2) is 12.2 Å². The molecule has 0 aromatic heterocycles. The summed E-state index contributed by atoms with van der Waals surface area (Å²) in [6.45, 7) is 6.48. The Labute approximate surface area is 114 Å². The van der Waals surface area contributed by atoms with Gasteiger partial charge in [-0.3, -0.25) is 0 Å². The molecule has 0 aromatic rings. The topological polar surface area (TPSA) is 23.8 Å². The summed E-state index contributed by atoms with van der Waals surface area (Å²) in [5, 5.41) is 8.84. The summed E-state index contributed by atoms with van der Waals surface area (Å²) in [7, 11) is 0. The van der Waals surface area contributed by atoms with Crippen LogP contribution in [0.1, 0.15) is 78.6 Å².